The zero-order valence-corrected chi connectivity index (χ0v) is 10.1. The van der Waals surface area contributed by atoms with Crippen molar-refractivity contribution in [2.75, 3.05) is 18.4 Å². The van der Waals surface area contributed by atoms with Gasteiger partial charge in [-0.05, 0) is 46.9 Å². The SMILES string of the molecule is Cc1cc(Br)cnc1NCC(C)CN. The zero-order valence-electron chi connectivity index (χ0n) is 8.55. The molecule has 0 aliphatic carbocycles. The Kier molecular flexibility index (Phi) is 4.35. The highest BCUT2D eigenvalue weighted by Crippen LogP contribution is 2.16. The van der Waals surface area contributed by atoms with Crippen LogP contribution in [0.25, 0.3) is 0 Å². The Hall–Kier alpha value is -0.610. The molecule has 1 atom stereocenters. The maximum absolute atomic E-state index is 5.53. The fourth-order valence-corrected chi connectivity index (χ4v) is 1.53. The van der Waals surface area contributed by atoms with Crippen LogP contribution in [0.2, 0.25) is 0 Å². The first kappa shape index (κ1) is 11.5. The summed E-state index contributed by atoms with van der Waals surface area (Å²) in [5.74, 6) is 1.41. The second-order valence-electron chi connectivity index (χ2n) is 3.54. The minimum Gasteiger partial charge on any atom is -0.370 e. The van der Waals surface area contributed by atoms with E-state index in [0.717, 1.165) is 22.4 Å². The molecule has 0 spiro atoms. The average Bonchev–Trinajstić information content (AvgIpc) is 2.16. The highest BCUT2D eigenvalue weighted by Gasteiger charge is 2.02. The van der Waals surface area contributed by atoms with Crippen LogP contribution in [0.4, 0.5) is 5.82 Å². The third kappa shape index (κ3) is 3.27. The second-order valence-corrected chi connectivity index (χ2v) is 4.46. The summed E-state index contributed by atoms with van der Waals surface area (Å²) in [5.41, 5.74) is 6.67. The molecule has 0 aromatic carbocycles. The van der Waals surface area contributed by atoms with Gasteiger partial charge < -0.3 is 11.1 Å². The molecule has 1 aromatic rings. The van der Waals surface area contributed by atoms with Gasteiger partial charge in [-0.25, -0.2) is 4.98 Å². The van der Waals surface area contributed by atoms with Crippen LogP contribution in [-0.4, -0.2) is 18.1 Å². The molecule has 3 N–H and O–H groups in total. The summed E-state index contributed by atoms with van der Waals surface area (Å²) in [6.45, 7) is 5.71. The average molecular weight is 258 g/mol. The number of anilines is 1. The molecule has 1 heterocycles. The minimum absolute atomic E-state index is 0.472. The molecule has 1 unspecified atom stereocenters. The van der Waals surface area contributed by atoms with Crippen molar-refractivity contribution in [3.63, 3.8) is 0 Å². The first-order valence-corrected chi connectivity index (χ1v) is 5.49. The van der Waals surface area contributed by atoms with E-state index in [9.17, 15) is 0 Å². The van der Waals surface area contributed by atoms with E-state index in [0.29, 0.717) is 12.5 Å². The molecule has 14 heavy (non-hydrogen) atoms. The number of pyridine rings is 1. The van der Waals surface area contributed by atoms with Crippen molar-refractivity contribution >= 4 is 21.7 Å². The molecule has 3 nitrogen and oxygen atoms in total. The van der Waals surface area contributed by atoms with E-state index in [2.05, 4.69) is 33.2 Å². The summed E-state index contributed by atoms with van der Waals surface area (Å²) < 4.78 is 1.01. The summed E-state index contributed by atoms with van der Waals surface area (Å²) in [6, 6.07) is 2.04. The molecule has 0 saturated carbocycles. The van der Waals surface area contributed by atoms with Crippen molar-refractivity contribution in [1.29, 1.82) is 0 Å². The lowest BCUT2D eigenvalue weighted by Gasteiger charge is -2.12. The van der Waals surface area contributed by atoms with Gasteiger partial charge in [-0.15, -0.1) is 0 Å². The number of aromatic nitrogens is 1. The maximum atomic E-state index is 5.53. The molecule has 78 valence electrons. The Morgan fingerprint density at radius 1 is 1.64 bits per heavy atom. The smallest absolute Gasteiger partial charge is 0.128 e. The van der Waals surface area contributed by atoms with Gasteiger partial charge in [0, 0.05) is 17.2 Å². The fourth-order valence-electron chi connectivity index (χ4n) is 1.08. The molecule has 0 radical (unpaired) electrons. The number of halogens is 1. The highest BCUT2D eigenvalue weighted by atomic mass is 79.9. The standard InChI is InChI=1S/C10H16BrN3/c1-7(4-12)5-13-10-8(2)3-9(11)6-14-10/h3,6-7H,4-5,12H2,1-2H3,(H,13,14). The van der Waals surface area contributed by atoms with E-state index < -0.39 is 0 Å². The molecule has 0 saturated heterocycles. The number of aryl methyl sites for hydroxylation is 1. The number of rotatable bonds is 4. The number of nitrogens with zero attached hydrogens (tertiary/aromatic N) is 1. The van der Waals surface area contributed by atoms with E-state index >= 15 is 0 Å². The second kappa shape index (κ2) is 5.32. The quantitative estimate of drug-likeness (QED) is 0.870. The zero-order chi connectivity index (χ0) is 10.6. The van der Waals surface area contributed by atoms with E-state index in [1.165, 1.54) is 0 Å². The van der Waals surface area contributed by atoms with Gasteiger partial charge in [0.2, 0.25) is 0 Å². The van der Waals surface area contributed by atoms with Crippen molar-refractivity contribution in [3.05, 3.63) is 22.3 Å². The molecule has 0 amide bonds. The van der Waals surface area contributed by atoms with Crippen LogP contribution in [-0.2, 0) is 0 Å². The number of nitrogens with two attached hydrogens (primary N) is 1. The summed E-state index contributed by atoms with van der Waals surface area (Å²) >= 11 is 3.38. The lowest BCUT2D eigenvalue weighted by atomic mass is 10.2. The van der Waals surface area contributed by atoms with Crippen molar-refractivity contribution < 1.29 is 0 Å². The molecule has 1 aromatic heterocycles. The Labute approximate surface area is 93.2 Å². The molecular weight excluding hydrogens is 242 g/mol. The monoisotopic (exact) mass is 257 g/mol. The predicted molar refractivity (Wildman–Crippen MR) is 63.4 cm³/mol. The van der Waals surface area contributed by atoms with Gasteiger partial charge in [0.1, 0.15) is 5.82 Å². The van der Waals surface area contributed by atoms with E-state index in [-0.39, 0.29) is 0 Å². The summed E-state index contributed by atoms with van der Waals surface area (Å²) in [5, 5.41) is 3.28. The largest absolute Gasteiger partial charge is 0.370 e. The van der Waals surface area contributed by atoms with E-state index in [1.54, 1.807) is 6.20 Å². The predicted octanol–water partition coefficient (Wildman–Crippen LogP) is 2.16. The third-order valence-electron chi connectivity index (χ3n) is 2.07. The topological polar surface area (TPSA) is 50.9 Å². The molecule has 0 fully saturated rings. The van der Waals surface area contributed by atoms with Crippen LogP contribution in [0.5, 0.6) is 0 Å². The maximum Gasteiger partial charge on any atom is 0.128 e. The Morgan fingerprint density at radius 3 is 2.93 bits per heavy atom. The molecule has 1 rings (SSSR count). The fraction of sp³-hybridized carbons (Fsp3) is 0.500. The Bertz CT molecular complexity index is 301. The summed E-state index contributed by atoms with van der Waals surface area (Å²) in [7, 11) is 0. The van der Waals surface area contributed by atoms with Gasteiger partial charge in [-0.1, -0.05) is 6.92 Å². The van der Waals surface area contributed by atoms with Gasteiger partial charge in [0.25, 0.3) is 0 Å². The Morgan fingerprint density at radius 2 is 2.36 bits per heavy atom. The van der Waals surface area contributed by atoms with Crippen LogP contribution in [0.1, 0.15) is 12.5 Å². The van der Waals surface area contributed by atoms with Gasteiger partial charge in [0.15, 0.2) is 0 Å². The van der Waals surface area contributed by atoms with Gasteiger partial charge >= 0.3 is 0 Å². The van der Waals surface area contributed by atoms with Crippen LogP contribution < -0.4 is 11.1 Å². The lowest BCUT2D eigenvalue weighted by Crippen LogP contribution is -2.20. The van der Waals surface area contributed by atoms with Crippen LogP contribution >= 0.6 is 15.9 Å². The minimum atomic E-state index is 0.472. The van der Waals surface area contributed by atoms with Crippen LogP contribution in [0, 0.1) is 12.8 Å². The van der Waals surface area contributed by atoms with Gasteiger partial charge in [-0.2, -0.15) is 0 Å². The van der Waals surface area contributed by atoms with Crippen LogP contribution in [0.3, 0.4) is 0 Å². The molecule has 0 aliphatic rings. The number of hydrogen-bond donors (Lipinski definition) is 2. The van der Waals surface area contributed by atoms with Crippen molar-refractivity contribution in [2.45, 2.75) is 13.8 Å². The highest BCUT2D eigenvalue weighted by molar-refractivity contribution is 9.10. The van der Waals surface area contributed by atoms with Gasteiger partial charge in [-0.3, -0.25) is 0 Å². The molecule has 4 heteroatoms. The third-order valence-corrected chi connectivity index (χ3v) is 2.50. The molecule has 0 aliphatic heterocycles. The van der Waals surface area contributed by atoms with E-state index in [1.807, 2.05) is 13.0 Å². The number of nitrogens with one attached hydrogen (secondary N) is 1. The Balaban J connectivity index is 2.59. The summed E-state index contributed by atoms with van der Waals surface area (Å²) in [4.78, 5) is 4.29. The van der Waals surface area contributed by atoms with E-state index in [4.69, 9.17) is 5.73 Å². The summed E-state index contributed by atoms with van der Waals surface area (Å²) in [6.07, 6.45) is 1.79. The normalized spacial score (nSPS) is 12.6. The van der Waals surface area contributed by atoms with Crippen molar-refractivity contribution in [1.82, 2.24) is 4.98 Å². The van der Waals surface area contributed by atoms with Crippen LogP contribution in [0.15, 0.2) is 16.7 Å². The molecule has 0 bridgehead atoms. The molecular formula is C10H16BrN3. The van der Waals surface area contributed by atoms with Crippen molar-refractivity contribution in [3.8, 4) is 0 Å². The first-order valence-electron chi connectivity index (χ1n) is 4.69. The number of hydrogen-bond acceptors (Lipinski definition) is 3. The van der Waals surface area contributed by atoms with Crippen molar-refractivity contribution in [2.24, 2.45) is 11.7 Å². The lowest BCUT2D eigenvalue weighted by molar-refractivity contribution is 0.626. The van der Waals surface area contributed by atoms with Gasteiger partial charge in [0.05, 0.1) is 0 Å². The first-order chi connectivity index (χ1) is 6.63.